The van der Waals surface area contributed by atoms with Crippen LogP contribution >= 0.6 is 11.8 Å². The molecule has 2 saturated heterocycles. The zero-order valence-electron chi connectivity index (χ0n) is 11.3. The molecule has 17 heavy (non-hydrogen) atoms. The highest BCUT2D eigenvalue weighted by Crippen LogP contribution is 2.24. The Kier molecular flexibility index (Phi) is 4.36. The second kappa shape index (κ2) is 5.61. The summed E-state index contributed by atoms with van der Waals surface area (Å²) in [6.45, 7) is 10.4. The maximum Gasteiger partial charge on any atom is 0.157 e. The number of thioether (sulfide) groups is 1. The lowest BCUT2D eigenvalue weighted by Crippen LogP contribution is -2.39. The summed E-state index contributed by atoms with van der Waals surface area (Å²) in [6, 6.07) is 0.548. The van der Waals surface area contributed by atoms with Crippen LogP contribution in [0.15, 0.2) is 4.99 Å². The minimum Gasteiger partial charge on any atom is -0.359 e. The molecule has 2 aliphatic heterocycles. The summed E-state index contributed by atoms with van der Waals surface area (Å²) in [4.78, 5) is 7.43. The van der Waals surface area contributed by atoms with Gasteiger partial charge in [-0.1, -0.05) is 18.7 Å². The van der Waals surface area contributed by atoms with Crippen molar-refractivity contribution < 1.29 is 0 Å². The highest BCUT2D eigenvalue weighted by atomic mass is 32.2. The Balaban J connectivity index is 1.80. The van der Waals surface area contributed by atoms with Crippen molar-refractivity contribution in [3.05, 3.63) is 0 Å². The minimum atomic E-state index is 0.229. The van der Waals surface area contributed by atoms with Gasteiger partial charge in [0.1, 0.15) is 0 Å². The van der Waals surface area contributed by atoms with E-state index in [0.717, 1.165) is 5.75 Å². The van der Waals surface area contributed by atoms with Gasteiger partial charge in [-0.05, 0) is 39.7 Å². The predicted molar refractivity (Wildman–Crippen MR) is 76.9 cm³/mol. The van der Waals surface area contributed by atoms with E-state index in [-0.39, 0.29) is 5.54 Å². The third kappa shape index (κ3) is 3.88. The largest absolute Gasteiger partial charge is 0.359 e. The van der Waals surface area contributed by atoms with Gasteiger partial charge in [0.2, 0.25) is 0 Å². The first-order valence-corrected chi connectivity index (χ1v) is 7.79. The van der Waals surface area contributed by atoms with Gasteiger partial charge >= 0.3 is 0 Å². The molecule has 0 bridgehead atoms. The van der Waals surface area contributed by atoms with Crippen LogP contribution in [-0.2, 0) is 0 Å². The summed E-state index contributed by atoms with van der Waals surface area (Å²) in [5.41, 5.74) is 0.229. The number of hydrogen-bond donors (Lipinski definition) is 1. The lowest BCUT2D eigenvalue weighted by atomic mass is 10.1. The standard InChI is InChI=1S/C13H25N3S/c1-4-7-16-8-5-11(6-9-16)14-12-15-13(2,3)10-17-12/h11H,4-10H2,1-3H3,(H,14,15). The number of amidine groups is 1. The quantitative estimate of drug-likeness (QED) is 0.839. The van der Waals surface area contributed by atoms with E-state index >= 15 is 0 Å². The van der Waals surface area contributed by atoms with Crippen LogP contribution in [0.5, 0.6) is 0 Å². The van der Waals surface area contributed by atoms with Crippen LogP contribution in [0.1, 0.15) is 40.0 Å². The van der Waals surface area contributed by atoms with Crippen molar-refractivity contribution >= 4 is 16.9 Å². The van der Waals surface area contributed by atoms with Crippen LogP contribution in [0.4, 0.5) is 0 Å². The van der Waals surface area contributed by atoms with E-state index in [1.807, 2.05) is 11.8 Å². The molecule has 0 spiro atoms. The fraction of sp³-hybridized carbons (Fsp3) is 0.923. The third-order valence-electron chi connectivity index (χ3n) is 3.41. The smallest absolute Gasteiger partial charge is 0.157 e. The van der Waals surface area contributed by atoms with Gasteiger partial charge in [-0.3, -0.25) is 4.99 Å². The summed E-state index contributed by atoms with van der Waals surface area (Å²) in [5, 5.41) is 4.68. The summed E-state index contributed by atoms with van der Waals surface area (Å²) >= 11 is 1.88. The van der Waals surface area contributed by atoms with Crippen LogP contribution in [0.25, 0.3) is 0 Å². The van der Waals surface area contributed by atoms with Gasteiger partial charge in [0.15, 0.2) is 5.17 Å². The molecule has 2 aliphatic rings. The van der Waals surface area contributed by atoms with Crippen LogP contribution in [0.3, 0.4) is 0 Å². The summed E-state index contributed by atoms with van der Waals surface area (Å²) < 4.78 is 0. The van der Waals surface area contributed by atoms with Crippen molar-refractivity contribution in [1.29, 1.82) is 0 Å². The first kappa shape index (κ1) is 13.2. The molecule has 0 aliphatic carbocycles. The second-order valence-corrected chi connectivity index (χ2v) is 6.77. The Morgan fingerprint density at radius 3 is 2.65 bits per heavy atom. The van der Waals surface area contributed by atoms with Crippen molar-refractivity contribution in [3.63, 3.8) is 0 Å². The molecule has 0 radical (unpaired) electrons. The monoisotopic (exact) mass is 255 g/mol. The first-order chi connectivity index (χ1) is 8.09. The third-order valence-corrected chi connectivity index (χ3v) is 4.76. The highest BCUT2D eigenvalue weighted by Gasteiger charge is 2.28. The number of hydrogen-bond acceptors (Lipinski definition) is 3. The van der Waals surface area contributed by atoms with E-state index in [9.17, 15) is 0 Å². The Hall–Kier alpha value is -0.220. The molecule has 3 nitrogen and oxygen atoms in total. The molecule has 0 unspecified atom stereocenters. The van der Waals surface area contributed by atoms with Crippen molar-refractivity contribution in [1.82, 2.24) is 10.2 Å². The van der Waals surface area contributed by atoms with Gasteiger partial charge in [-0.25, -0.2) is 0 Å². The average molecular weight is 255 g/mol. The van der Waals surface area contributed by atoms with E-state index in [0.29, 0.717) is 6.04 Å². The van der Waals surface area contributed by atoms with Gasteiger partial charge in [0.25, 0.3) is 0 Å². The zero-order chi connectivity index (χ0) is 12.3. The maximum absolute atomic E-state index is 4.87. The predicted octanol–water partition coefficient (Wildman–Crippen LogP) is 2.33. The molecule has 98 valence electrons. The van der Waals surface area contributed by atoms with Gasteiger partial charge in [0, 0.05) is 24.4 Å². The molecule has 2 fully saturated rings. The van der Waals surface area contributed by atoms with Crippen molar-refractivity contribution in [2.75, 3.05) is 25.4 Å². The molecule has 0 amide bonds. The number of piperidine rings is 1. The number of nitrogens with zero attached hydrogens (tertiary/aromatic N) is 2. The lowest BCUT2D eigenvalue weighted by Gasteiger charge is -2.30. The molecular formula is C13H25N3S. The molecule has 0 saturated carbocycles. The van der Waals surface area contributed by atoms with Gasteiger partial charge in [-0.2, -0.15) is 0 Å². The van der Waals surface area contributed by atoms with Crippen molar-refractivity contribution in [2.24, 2.45) is 4.99 Å². The molecule has 0 aromatic heterocycles. The summed E-state index contributed by atoms with van der Waals surface area (Å²) in [7, 11) is 0. The second-order valence-electron chi connectivity index (χ2n) is 5.80. The van der Waals surface area contributed by atoms with Gasteiger partial charge < -0.3 is 10.2 Å². The number of rotatable bonds is 3. The summed E-state index contributed by atoms with van der Waals surface area (Å²) in [6.07, 6.45) is 3.73. The van der Waals surface area contributed by atoms with Crippen LogP contribution in [0.2, 0.25) is 0 Å². The molecule has 0 atom stereocenters. The zero-order valence-corrected chi connectivity index (χ0v) is 12.1. The van der Waals surface area contributed by atoms with Crippen LogP contribution < -0.4 is 5.32 Å². The van der Waals surface area contributed by atoms with Crippen molar-refractivity contribution in [3.8, 4) is 0 Å². The molecular weight excluding hydrogens is 230 g/mol. The van der Waals surface area contributed by atoms with E-state index in [4.69, 9.17) is 4.99 Å². The average Bonchev–Trinajstić information content (AvgIpc) is 2.61. The van der Waals surface area contributed by atoms with Crippen LogP contribution in [0, 0.1) is 0 Å². The molecule has 4 heteroatoms. The molecule has 0 aromatic carbocycles. The number of likely N-dealkylation sites (tertiary alicyclic amines) is 1. The first-order valence-electron chi connectivity index (χ1n) is 6.80. The number of nitrogens with one attached hydrogen (secondary N) is 1. The van der Waals surface area contributed by atoms with E-state index in [1.54, 1.807) is 0 Å². The Labute approximate surface area is 109 Å². The van der Waals surface area contributed by atoms with Crippen molar-refractivity contribution in [2.45, 2.75) is 51.6 Å². The normalized spacial score (nSPS) is 28.5. The van der Waals surface area contributed by atoms with Gasteiger partial charge in [0.05, 0.1) is 6.04 Å². The molecule has 1 N–H and O–H groups in total. The van der Waals surface area contributed by atoms with Gasteiger partial charge in [-0.15, -0.1) is 0 Å². The Morgan fingerprint density at radius 2 is 2.12 bits per heavy atom. The fourth-order valence-electron chi connectivity index (χ4n) is 2.43. The number of aliphatic imine (C=N–C) groups is 1. The Morgan fingerprint density at radius 1 is 1.41 bits per heavy atom. The Bertz CT molecular complexity index is 280. The molecule has 0 aromatic rings. The summed E-state index contributed by atoms with van der Waals surface area (Å²) in [5.74, 6) is 1.14. The maximum atomic E-state index is 4.87. The lowest BCUT2D eigenvalue weighted by molar-refractivity contribution is 0.214. The van der Waals surface area contributed by atoms with E-state index in [2.05, 4.69) is 31.0 Å². The molecule has 2 rings (SSSR count). The molecule has 2 heterocycles. The highest BCUT2D eigenvalue weighted by molar-refractivity contribution is 8.14. The fourth-order valence-corrected chi connectivity index (χ4v) is 3.58. The van der Waals surface area contributed by atoms with Crippen LogP contribution in [-0.4, -0.2) is 47.0 Å². The van der Waals surface area contributed by atoms with E-state index in [1.165, 1.54) is 44.1 Å². The minimum absolute atomic E-state index is 0.229. The topological polar surface area (TPSA) is 27.6 Å². The van der Waals surface area contributed by atoms with E-state index < -0.39 is 0 Å². The SMILES string of the molecule is CCCN1CCC(N=C2NC(C)(C)CS2)CC1.